The first-order valence-corrected chi connectivity index (χ1v) is 5.23. The number of alkyl carbamates (subject to hydrolysis) is 1. The second-order valence-corrected chi connectivity index (χ2v) is 3.96. The highest BCUT2D eigenvalue weighted by atomic mass is 16.6. The molecule has 0 aromatic rings. The summed E-state index contributed by atoms with van der Waals surface area (Å²) < 4.78 is 9.70. The Morgan fingerprint density at radius 3 is 2.73 bits per heavy atom. The highest BCUT2D eigenvalue weighted by Crippen LogP contribution is 2.48. The highest BCUT2D eigenvalue weighted by Gasteiger charge is 2.42. The van der Waals surface area contributed by atoms with Gasteiger partial charge in [0.05, 0.1) is 6.61 Å². The maximum Gasteiger partial charge on any atom is 0.407 e. The molecular formula is C10H19NO4. The van der Waals surface area contributed by atoms with E-state index in [1.807, 2.05) is 0 Å². The molecule has 0 radical (unpaired) electrons. The van der Waals surface area contributed by atoms with Crippen LogP contribution < -0.4 is 5.32 Å². The fourth-order valence-corrected chi connectivity index (χ4v) is 1.46. The molecule has 0 unspecified atom stereocenters. The Kier molecular flexibility index (Phi) is 4.84. The van der Waals surface area contributed by atoms with E-state index in [4.69, 9.17) is 9.84 Å². The van der Waals surface area contributed by atoms with Crippen molar-refractivity contribution in [1.82, 2.24) is 5.32 Å². The molecule has 0 aromatic heterocycles. The van der Waals surface area contributed by atoms with E-state index in [0.717, 1.165) is 25.9 Å². The smallest absolute Gasteiger partial charge is 0.407 e. The highest BCUT2D eigenvalue weighted by molar-refractivity contribution is 5.67. The zero-order valence-corrected chi connectivity index (χ0v) is 9.12. The number of aliphatic hydroxyl groups is 1. The van der Waals surface area contributed by atoms with Gasteiger partial charge >= 0.3 is 6.09 Å². The lowest BCUT2D eigenvalue weighted by Crippen LogP contribution is -2.31. The van der Waals surface area contributed by atoms with Crippen molar-refractivity contribution in [2.24, 2.45) is 5.41 Å². The molecule has 0 aromatic carbocycles. The van der Waals surface area contributed by atoms with Crippen LogP contribution >= 0.6 is 0 Å². The van der Waals surface area contributed by atoms with Gasteiger partial charge in [0, 0.05) is 20.3 Å². The molecule has 1 rings (SSSR count). The number of carbonyl (C=O) groups excluding carboxylic acids is 1. The Bertz CT molecular complexity index is 204. The van der Waals surface area contributed by atoms with Crippen molar-refractivity contribution in [1.29, 1.82) is 0 Å². The maximum atomic E-state index is 11.1. The number of methoxy groups -OCH3 is 1. The molecule has 0 spiro atoms. The summed E-state index contributed by atoms with van der Waals surface area (Å²) in [7, 11) is 1.68. The first-order chi connectivity index (χ1) is 7.22. The topological polar surface area (TPSA) is 67.8 Å². The lowest BCUT2D eigenvalue weighted by Gasteiger charge is -2.15. The van der Waals surface area contributed by atoms with Crippen molar-refractivity contribution in [3.05, 3.63) is 0 Å². The van der Waals surface area contributed by atoms with E-state index in [0.29, 0.717) is 6.54 Å². The second kappa shape index (κ2) is 5.92. The van der Waals surface area contributed by atoms with Crippen LogP contribution in [0.15, 0.2) is 0 Å². The summed E-state index contributed by atoms with van der Waals surface area (Å²) in [5.41, 5.74) is 0.230. The molecular weight excluding hydrogens is 198 g/mol. The van der Waals surface area contributed by atoms with Crippen molar-refractivity contribution < 1.29 is 19.4 Å². The average Bonchev–Trinajstić information content (AvgIpc) is 3.01. The number of nitrogens with one attached hydrogen (secondary N) is 1. The Morgan fingerprint density at radius 2 is 2.20 bits per heavy atom. The van der Waals surface area contributed by atoms with Crippen LogP contribution in [-0.2, 0) is 9.47 Å². The number of aliphatic hydroxyl groups excluding tert-OH is 1. The number of rotatable bonds is 7. The van der Waals surface area contributed by atoms with Gasteiger partial charge < -0.3 is 19.9 Å². The molecule has 1 aliphatic carbocycles. The molecule has 2 N–H and O–H groups in total. The van der Waals surface area contributed by atoms with Crippen LogP contribution in [-0.4, -0.2) is 44.7 Å². The van der Waals surface area contributed by atoms with Crippen LogP contribution in [0.2, 0.25) is 0 Å². The Morgan fingerprint density at radius 1 is 1.47 bits per heavy atom. The fourth-order valence-electron chi connectivity index (χ4n) is 1.46. The quantitative estimate of drug-likeness (QED) is 0.652. The van der Waals surface area contributed by atoms with Crippen LogP contribution in [0, 0.1) is 5.41 Å². The molecule has 0 bridgehead atoms. The molecule has 15 heavy (non-hydrogen) atoms. The number of hydrogen-bond donors (Lipinski definition) is 2. The third-order valence-electron chi connectivity index (χ3n) is 2.73. The first kappa shape index (κ1) is 12.3. The van der Waals surface area contributed by atoms with Crippen molar-refractivity contribution in [3.8, 4) is 0 Å². The summed E-state index contributed by atoms with van der Waals surface area (Å²) in [5.74, 6) is 0. The summed E-state index contributed by atoms with van der Waals surface area (Å²) in [6.45, 7) is 1.28. The number of ether oxygens (including phenoxy) is 2. The third-order valence-corrected chi connectivity index (χ3v) is 2.73. The van der Waals surface area contributed by atoms with E-state index in [-0.39, 0.29) is 18.6 Å². The fraction of sp³-hybridized carbons (Fsp3) is 0.900. The van der Waals surface area contributed by atoms with E-state index in [9.17, 15) is 4.79 Å². The maximum absolute atomic E-state index is 11.1. The first-order valence-electron chi connectivity index (χ1n) is 5.23. The molecule has 5 nitrogen and oxygen atoms in total. The van der Waals surface area contributed by atoms with Crippen molar-refractivity contribution in [2.45, 2.75) is 19.3 Å². The zero-order chi connectivity index (χ0) is 11.1. The summed E-state index contributed by atoms with van der Waals surface area (Å²) in [4.78, 5) is 11.1. The SMILES string of the molecule is COCCC1(CNC(=O)OCCO)CC1. The molecule has 1 fully saturated rings. The van der Waals surface area contributed by atoms with Gasteiger partial charge in [-0.2, -0.15) is 0 Å². The normalized spacial score (nSPS) is 17.2. The van der Waals surface area contributed by atoms with Gasteiger partial charge in [0.1, 0.15) is 6.61 Å². The van der Waals surface area contributed by atoms with Crippen LogP contribution in [0.25, 0.3) is 0 Å². The number of amides is 1. The zero-order valence-electron chi connectivity index (χ0n) is 9.12. The largest absolute Gasteiger partial charge is 0.447 e. The average molecular weight is 217 g/mol. The van der Waals surface area contributed by atoms with Gasteiger partial charge in [0.2, 0.25) is 0 Å². The van der Waals surface area contributed by atoms with Crippen molar-refractivity contribution in [2.75, 3.05) is 33.5 Å². The standard InChI is InChI=1S/C10H19NO4/c1-14-6-4-10(2-3-10)8-11-9(13)15-7-5-12/h12H,2-8H2,1H3,(H,11,13). The van der Waals surface area contributed by atoms with Gasteiger partial charge in [0.15, 0.2) is 0 Å². The Hall–Kier alpha value is -0.810. The molecule has 0 atom stereocenters. The van der Waals surface area contributed by atoms with E-state index in [1.165, 1.54) is 0 Å². The van der Waals surface area contributed by atoms with E-state index >= 15 is 0 Å². The number of carbonyl (C=O) groups is 1. The van der Waals surface area contributed by atoms with Gasteiger partial charge in [0.25, 0.3) is 0 Å². The van der Waals surface area contributed by atoms with Gasteiger partial charge in [-0.25, -0.2) is 4.79 Å². The summed E-state index contributed by atoms with van der Waals surface area (Å²) in [6, 6.07) is 0. The van der Waals surface area contributed by atoms with E-state index < -0.39 is 6.09 Å². The molecule has 1 aliphatic rings. The number of hydrogen-bond acceptors (Lipinski definition) is 4. The molecule has 1 amide bonds. The molecule has 0 aliphatic heterocycles. The monoisotopic (exact) mass is 217 g/mol. The predicted octanol–water partition coefficient (Wildman–Crippen LogP) is 0.522. The van der Waals surface area contributed by atoms with Gasteiger partial charge in [-0.15, -0.1) is 0 Å². The van der Waals surface area contributed by atoms with Crippen molar-refractivity contribution in [3.63, 3.8) is 0 Å². The lowest BCUT2D eigenvalue weighted by molar-refractivity contribution is 0.116. The van der Waals surface area contributed by atoms with Crippen LogP contribution in [0.1, 0.15) is 19.3 Å². The van der Waals surface area contributed by atoms with Crippen LogP contribution in [0.4, 0.5) is 4.79 Å². The minimum absolute atomic E-state index is 0.0525. The summed E-state index contributed by atoms with van der Waals surface area (Å²) in [5, 5.41) is 11.2. The van der Waals surface area contributed by atoms with Crippen LogP contribution in [0.3, 0.4) is 0 Å². The molecule has 1 saturated carbocycles. The third kappa shape index (κ3) is 4.48. The van der Waals surface area contributed by atoms with Gasteiger partial charge in [-0.3, -0.25) is 0 Å². The van der Waals surface area contributed by atoms with E-state index in [2.05, 4.69) is 10.1 Å². The van der Waals surface area contributed by atoms with Crippen molar-refractivity contribution >= 4 is 6.09 Å². The Labute approximate surface area is 89.8 Å². The lowest BCUT2D eigenvalue weighted by atomic mass is 10.0. The molecule has 0 saturated heterocycles. The minimum atomic E-state index is -0.451. The molecule has 88 valence electrons. The minimum Gasteiger partial charge on any atom is -0.447 e. The van der Waals surface area contributed by atoms with E-state index in [1.54, 1.807) is 7.11 Å². The summed E-state index contributed by atoms with van der Waals surface area (Å²) >= 11 is 0. The Balaban J connectivity index is 2.10. The predicted molar refractivity (Wildman–Crippen MR) is 54.6 cm³/mol. The van der Waals surface area contributed by atoms with Gasteiger partial charge in [-0.1, -0.05) is 0 Å². The second-order valence-electron chi connectivity index (χ2n) is 3.96. The van der Waals surface area contributed by atoms with Crippen LogP contribution in [0.5, 0.6) is 0 Å². The summed E-state index contributed by atoms with van der Waals surface area (Å²) in [6.07, 6.45) is 2.80. The van der Waals surface area contributed by atoms with Gasteiger partial charge in [-0.05, 0) is 24.7 Å². The molecule has 5 heteroatoms. The molecule has 0 heterocycles.